The van der Waals surface area contributed by atoms with E-state index >= 15 is 0 Å². The van der Waals surface area contributed by atoms with Crippen molar-refractivity contribution in [2.75, 3.05) is 25.0 Å². The number of amides is 2. The molecule has 31 heavy (non-hydrogen) atoms. The molecule has 0 aliphatic rings. The van der Waals surface area contributed by atoms with Crippen molar-refractivity contribution < 1.29 is 14.7 Å². The minimum Gasteiger partial charge on any atom is -0.493 e. The Morgan fingerprint density at radius 1 is 1.06 bits per heavy atom. The number of azo groups is 1. The van der Waals surface area contributed by atoms with Crippen LogP contribution in [0.1, 0.15) is 19.4 Å². The normalized spacial score (nSPS) is 11.5. The maximum atomic E-state index is 12.2. The molecule has 2 amide bonds. The van der Waals surface area contributed by atoms with Gasteiger partial charge in [-0.3, -0.25) is 9.59 Å². The molecule has 2 N–H and O–H groups in total. The standard InChI is InChI=1S/C23H27N5O3/c1-4-27(5-2)14-15-28-19-9-7-6-8-18(19)20(23(28)31)25-26-22(30)21(29)24-17-12-10-16(3)11-13-17/h6-13,31H,4-5,14-15H2,1-3H3,(H,24,29). The number of carbonyl (C=O) groups is 2. The number of fused-ring (bicyclic) bond motifs is 1. The Labute approximate surface area is 181 Å². The van der Waals surface area contributed by atoms with Gasteiger partial charge in [-0.1, -0.05) is 49.7 Å². The Hall–Kier alpha value is -3.52. The maximum Gasteiger partial charge on any atom is 0.353 e. The Morgan fingerprint density at radius 3 is 2.42 bits per heavy atom. The highest BCUT2D eigenvalue weighted by Gasteiger charge is 2.18. The van der Waals surface area contributed by atoms with Crippen molar-refractivity contribution in [2.24, 2.45) is 10.2 Å². The summed E-state index contributed by atoms with van der Waals surface area (Å²) in [7, 11) is 0. The third-order valence-corrected chi connectivity index (χ3v) is 5.20. The molecule has 3 aromatic rings. The van der Waals surface area contributed by atoms with E-state index in [1.807, 2.05) is 37.3 Å². The number of benzene rings is 2. The number of para-hydroxylation sites is 1. The molecule has 0 unspecified atom stereocenters. The molecule has 1 heterocycles. The van der Waals surface area contributed by atoms with Crippen LogP contribution in [0.4, 0.5) is 11.4 Å². The van der Waals surface area contributed by atoms with E-state index in [1.54, 1.807) is 22.8 Å². The Morgan fingerprint density at radius 2 is 1.74 bits per heavy atom. The summed E-state index contributed by atoms with van der Waals surface area (Å²) in [6, 6.07) is 14.4. The predicted molar refractivity (Wildman–Crippen MR) is 121 cm³/mol. The lowest BCUT2D eigenvalue weighted by molar-refractivity contribution is -0.134. The van der Waals surface area contributed by atoms with Crippen LogP contribution in [0.5, 0.6) is 5.88 Å². The lowest BCUT2D eigenvalue weighted by atomic mass is 10.2. The Kier molecular flexibility index (Phi) is 7.15. The molecule has 0 spiro atoms. The maximum absolute atomic E-state index is 12.2. The monoisotopic (exact) mass is 421 g/mol. The first kappa shape index (κ1) is 22.2. The van der Waals surface area contributed by atoms with Crippen molar-refractivity contribution >= 4 is 34.1 Å². The lowest BCUT2D eigenvalue weighted by Gasteiger charge is -2.18. The summed E-state index contributed by atoms with van der Waals surface area (Å²) in [5.41, 5.74) is 2.50. The predicted octanol–water partition coefficient (Wildman–Crippen LogP) is 4.25. The van der Waals surface area contributed by atoms with Crippen molar-refractivity contribution in [3.05, 3.63) is 54.1 Å². The van der Waals surface area contributed by atoms with Gasteiger partial charge in [-0.25, -0.2) is 0 Å². The molecule has 0 aliphatic carbocycles. The average molecular weight is 422 g/mol. The van der Waals surface area contributed by atoms with Crippen LogP contribution < -0.4 is 5.32 Å². The fourth-order valence-corrected chi connectivity index (χ4v) is 3.34. The van der Waals surface area contributed by atoms with E-state index in [2.05, 4.69) is 34.3 Å². The van der Waals surface area contributed by atoms with Crippen LogP contribution in [0.15, 0.2) is 58.8 Å². The van der Waals surface area contributed by atoms with Crippen LogP contribution in [-0.4, -0.2) is 46.0 Å². The van der Waals surface area contributed by atoms with Crippen molar-refractivity contribution in [1.29, 1.82) is 0 Å². The number of rotatable bonds is 7. The number of aromatic hydroxyl groups is 1. The molecular weight excluding hydrogens is 394 g/mol. The summed E-state index contributed by atoms with van der Waals surface area (Å²) >= 11 is 0. The molecule has 0 bridgehead atoms. The van der Waals surface area contributed by atoms with Crippen molar-refractivity contribution in [2.45, 2.75) is 27.3 Å². The molecule has 0 aliphatic heterocycles. The molecule has 162 valence electrons. The molecule has 2 aromatic carbocycles. The first-order valence-corrected chi connectivity index (χ1v) is 10.3. The first-order chi connectivity index (χ1) is 14.9. The van der Waals surface area contributed by atoms with Gasteiger partial charge in [-0.05, 0) is 38.2 Å². The molecule has 0 atom stereocenters. The molecule has 8 heteroatoms. The number of carbonyl (C=O) groups excluding carboxylic acids is 2. The number of aryl methyl sites for hydroxylation is 1. The number of nitrogens with zero attached hydrogens (tertiary/aromatic N) is 4. The third kappa shape index (κ3) is 5.16. The van der Waals surface area contributed by atoms with Crippen LogP contribution in [0.2, 0.25) is 0 Å². The molecule has 0 saturated carbocycles. The first-order valence-electron chi connectivity index (χ1n) is 10.3. The van der Waals surface area contributed by atoms with E-state index in [0.29, 0.717) is 17.6 Å². The number of hydrogen-bond acceptors (Lipinski definition) is 5. The second-order valence-electron chi connectivity index (χ2n) is 7.19. The number of likely N-dealkylation sites (N-methyl/N-ethyl adjacent to an activating group) is 1. The van der Waals surface area contributed by atoms with Crippen LogP contribution >= 0.6 is 0 Å². The SMILES string of the molecule is CCN(CC)CCn1c(O)c(N=NC(=O)C(=O)Nc2ccc(C)cc2)c2ccccc21. The fraction of sp³-hybridized carbons (Fsp3) is 0.304. The molecule has 0 saturated heterocycles. The summed E-state index contributed by atoms with van der Waals surface area (Å²) in [4.78, 5) is 26.5. The smallest absolute Gasteiger partial charge is 0.353 e. The van der Waals surface area contributed by atoms with Crippen LogP contribution in [0.25, 0.3) is 10.9 Å². The van der Waals surface area contributed by atoms with E-state index in [1.165, 1.54) is 0 Å². The zero-order valence-electron chi connectivity index (χ0n) is 18.0. The molecule has 8 nitrogen and oxygen atoms in total. The van der Waals surface area contributed by atoms with Gasteiger partial charge in [-0.2, -0.15) is 0 Å². The number of nitrogens with one attached hydrogen (secondary N) is 1. The van der Waals surface area contributed by atoms with Crippen LogP contribution in [0.3, 0.4) is 0 Å². The van der Waals surface area contributed by atoms with Crippen LogP contribution in [-0.2, 0) is 16.1 Å². The highest BCUT2D eigenvalue weighted by Crippen LogP contribution is 2.38. The molecular formula is C23H27N5O3. The summed E-state index contributed by atoms with van der Waals surface area (Å²) in [5.74, 6) is -2.01. The molecule has 3 rings (SSSR count). The molecule has 1 aromatic heterocycles. The average Bonchev–Trinajstić information content (AvgIpc) is 3.05. The van der Waals surface area contributed by atoms with Gasteiger partial charge in [0.2, 0.25) is 5.88 Å². The van der Waals surface area contributed by atoms with E-state index in [4.69, 9.17) is 0 Å². The van der Waals surface area contributed by atoms with E-state index in [9.17, 15) is 14.7 Å². The Balaban J connectivity index is 1.81. The van der Waals surface area contributed by atoms with Gasteiger partial charge in [0.15, 0.2) is 5.69 Å². The Bertz CT molecular complexity index is 1100. The van der Waals surface area contributed by atoms with Crippen molar-refractivity contribution in [3.63, 3.8) is 0 Å². The van der Waals surface area contributed by atoms with E-state index < -0.39 is 11.8 Å². The second-order valence-corrected chi connectivity index (χ2v) is 7.19. The van der Waals surface area contributed by atoms with Gasteiger partial charge in [0.1, 0.15) is 0 Å². The topological polar surface area (TPSA) is 99.3 Å². The van der Waals surface area contributed by atoms with Crippen molar-refractivity contribution in [1.82, 2.24) is 9.47 Å². The third-order valence-electron chi connectivity index (χ3n) is 5.20. The minimum absolute atomic E-state index is 0.0798. The zero-order valence-corrected chi connectivity index (χ0v) is 18.0. The highest BCUT2D eigenvalue weighted by molar-refractivity contribution is 6.40. The van der Waals surface area contributed by atoms with Gasteiger partial charge in [-0.15, -0.1) is 10.2 Å². The minimum atomic E-state index is -1.04. The van der Waals surface area contributed by atoms with Gasteiger partial charge in [0.05, 0.1) is 5.52 Å². The number of anilines is 1. The van der Waals surface area contributed by atoms with Gasteiger partial charge in [0, 0.05) is 24.2 Å². The quantitative estimate of drug-likeness (QED) is 0.440. The van der Waals surface area contributed by atoms with Gasteiger partial charge in [0.25, 0.3) is 0 Å². The van der Waals surface area contributed by atoms with Gasteiger partial charge >= 0.3 is 11.8 Å². The fourth-order valence-electron chi connectivity index (χ4n) is 3.34. The largest absolute Gasteiger partial charge is 0.493 e. The molecule has 0 radical (unpaired) electrons. The number of hydrogen-bond donors (Lipinski definition) is 2. The van der Waals surface area contributed by atoms with E-state index in [-0.39, 0.29) is 11.6 Å². The number of aromatic nitrogens is 1. The summed E-state index contributed by atoms with van der Waals surface area (Å²) in [6.07, 6.45) is 0. The summed E-state index contributed by atoms with van der Waals surface area (Å²) in [5, 5.41) is 21.4. The summed E-state index contributed by atoms with van der Waals surface area (Å²) < 4.78 is 1.75. The summed E-state index contributed by atoms with van der Waals surface area (Å²) in [6.45, 7) is 9.24. The zero-order chi connectivity index (χ0) is 22.4. The van der Waals surface area contributed by atoms with Gasteiger partial charge < -0.3 is 19.9 Å². The van der Waals surface area contributed by atoms with Crippen LogP contribution in [0, 0.1) is 6.92 Å². The second kappa shape index (κ2) is 9.99. The highest BCUT2D eigenvalue weighted by atomic mass is 16.3. The van der Waals surface area contributed by atoms with E-state index in [0.717, 1.165) is 30.7 Å². The van der Waals surface area contributed by atoms with Crippen molar-refractivity contribution in [3.8, 4) is 5.88 Å². The lowest BCUT2D eigenvalue weighted by Crippen LogP contribution is -2.26. The molecule has 0 fully saturated rings.